The number of carbonyl (C=O) groups is 1. The van der Waals surface area contributed by atoms with Gasteiger partial charge in [0.2, 0.25) is 0 Å². The Labute approximate surface area is 197 Å². The topological polar surface area (TPSA) is 122 Å². The minimum Gasteiger partial charge on any atom is -0.366 e. The van der Waals surface area contributed by atoms with E-state index in [9.17, 15) is 4.79 Å². The van der Waals surface area contributed by atoms with Crippen molar-refractivity contribution in [3.05, 3.63) is 72.3 Å². The van der Waals surface area contributed by atoms with E-state index >= 15 is 0 Å². The highest BCUT2D eigenvalue weighted by Gasteiger charge is 2.21. The standard InChI is InChI=1S/C25H28N8O/c1-16-13-20(11-12-27-16)31-25(34)22-15-28-24-21(29-18-5-3-2-4-6-18)14-23(32-33(22)24)30-19-9-7-17(26)8-10-19/h2-6,11-15,17,19,29H,7-10,26H2,1H3,(H,30,32)(H,27,31,34)/t17-,19-. The smallest absolute Gasteiger partial charge is 0.276 e. The van der Waals surface area contributed by atoms with Gasteiger partial charge in [0.1, 0.15) is 5.82 Å². The van der Waals surface area contributed by atoms with Gasteiger partial charge in [-0.25, -0.2) is 9.50 Å². The molecule has 1 aromatic carbocycles. The van der Waals surface area contributed by atoms with E-state index in [1.165, 1.54) is 0 Å². The Balaban J connectivity index is 1.49. The number of para-hydroxylation sites is 1. The molecule has 0 atom stereocenters. The number of hydrogen-bond acceptors (Lipinski definition) is 7. The second kappa shape index (κ2) is 9.48. The molecule has 3 aromatic heterocycles. The average molecular weight is 457 g/mol. The van der Waals surface area contributed by atoms with Crippen LogP contribution in [-0.4, -0.2) is 37.6 Å². The number of benzene rings is 1. The summed E-state index contributed by atoms with van der Waals surface area (Å²) >= 11 is 0. The lowest BCUT2D eigenvalue weighted by Crippen LogP contribution is -2.33. The van der Waals surface area contributed by atoms with E-state index in [-0.39, 0.29) is 18.0 Å². The third-order valence-electron chi connectivity index (χ3n) is 6.03. The molecule has 3 heterocycles. The molecule has 174 valence electrons. The number of nitrogens with zero attached hydrogens (tertiary/aromatic N) is 4. The minimum atomic E-state index is -0.294. The van der Waals surface area contributed by atoms with Crippen molar-refractivity contribution in [2.24, 2.45) is 5.73 Å². The first-order valence-corrected chi connectivity index (χ1v) is 11.5. The van der Waals surface area contributed by atoms with Gasteiger partial charge in [0.15, 0.2) is 11.3 Å². The monoisotopic (exact) mass is 456 g/mol. The Morgan fingerprint density at radius 3 is 2.59 bits per heavy atom. The van der Waals surface area contributed by atoms with Crippen LogP contribution in [0.15, 0.2) is 60.9 Å². The van der Waals surface area contributed by atoms with Gasteiger partial charge in [-0.15, -0.1) is 5.10 Å². The molecule has 0 bridgehead atoms. The predicted octanol–water partition coefficient (Wildman–Crippen LogP) is 4.11. The van der Waals surface area contributed by atoms with Crippen molar-refractivity contribution in [1.82, 2.24) is 19.6 Å². The first-order chi connectivity index (χ1) is 16.5. The molecule has 1 fully saturated rings. The van der Waals surface area contributed by atoms with Gasteiger partial charge in [0.05, 0.1) is 11.9 Å². The Kier molecular flexibility index (Phi) is 6.09. The number of pyridine rings is 1. The summed E-state index contributed by atoms with van der Waals surface area (Å²) in [5.74, 6) is 0.384. The van der Waals surface area contributed by atoms with Crippen molar-refractivity contribution < 1.29 is 4.79 Å². The number of amides is 1. The maximum atomic E-state index is 13.1. The van der Waals surface area contributed by atoms with E-state index in [0.717, 1.165) is 42.8 Å². The number of fused-ring (bicyclic) bond motifs is 1. The fourth-order valence-corrected chi connectivity index (χ4v) is 4.25. The van der Waals surface area contributed by atoms with E-state index in [1.54, 1.807) is 23.0 Å². The molecule has 0 saturated heterocycles. The van der Waals surface area contributed by atoms with Crippen LogP contribution in [0.3, 0.4) is 0 Å². The fraction of sp³-hybridized carbons (Fsp3) is 0.280. The Bertz CT molecular complexity index is 1300. The van der Waals surface area contributed by atoms with Crippen molar-refractivity contribution in [2.75, 3.05) is 16.0 Å². The number of imidazole rings is 1. The number of anilines is 4. The van der Waals surface area contributed by atoms with E-state index in [4.69, 9.17) is 10.8 Å². The molecule has 4 aromatic rings. The molecule has 5 N–H and O–H groups in total. The minimum absolute atomic E-state index is 0.268. The molecular formula is C25H28N8O. The van der Waals surface area contributed by atoms with Crippen LogP contribution in [0.1, 0.15) is 41.9 Å². The molecule has 1 amide bonds. The Morgan fingerprint density at radius 2 is 1.82 bits per heavy atom. The number of rotatable bonds is 6. The van der Waals surface area contributed by atoms with Crippen molar-refractivity contribution in [3.63, 3.8) is 0 Å². The van der Waals surface area contributed by atoms with Gasteiger partial charge in [0, 0.05) is 41.4 Å². The lowest BCUT2D eigenvalue weighted by Gasteiger charge is -2.27. The highest BCUT2D eigenvalue weighted by atomic mass is 16.2. The molecule has 5 rings (SSSR count). The summed E-state index contributed by atoms with van der Waals surface area (Å²) in [6.45, 7) is 1.88. The first-order valence-electron chi connectivity index (χ1n) is 11.5. The second-order valence-electron chi connectivity index (χ2n) is 8.71. The summed E-state index contributed by atoms with van der Waals surface area (Å²) in [5, 5.41) is 14.6. The third kappa shape index (κ3) is 4.84. The van der Waals surface area contributed by atoms with Crippen LogP contribution in [0.5, 0.6) is 0 Å². The second-order valence-corrected chi connectivity index (χ2v) is 8.71. The number of nitrogens with one attached hydrogen (secondary N) is 3. The quantitative estimate of drug-likeness (QED) is 0.344. The molecule has 0 aliphatic heterocycles. The third-order valence-corrected chi connectivity index (χ3v) is 6.03. The zero-order valence-corrected chi connectivity index (χ0v) is 19.0. The van der Waals surface area contributed by atoms with Crippen LogP contribution in [0.4, 0.5) is 22.9 Å². The van der Waals surface area contributed by atoms with Crippen molar-refractivity contribution in [1.29, 1.82) is 0 Å². The van der Waals surface area contributed by atoms with Gasteiger partial charge in [-0.1, -0.05) is 18.2 Å². The van der Waals surface area contributed by atoms with Crippen LogP contribution in [-0.2, 0) is 0 Å². The summed E-state index contributed by atoms with van der Waals surface area (Å²) in [5.41, 5.74) is 10.2. The molecule has 0 spiro atoms. The molecule has 0 radical (unpaired) electrons. The largest absolute Gasteiger partial charge is 0.366 e. The molecular weight excluding hydrogens is 428 g/mol. The predicted molar refractivity (Wildman–Crippen MR) is 133 cm³/mol. The molecule has 34 heavy (non-hydrogen) atoms. The maximum Gasteiger partial charge on any atom is 0.276 e. The van der Waals surface area contributed by atoms with Crippen LogP contribution >= 0.6 is 0 Å². The number of carbonyl (C=O) groups excluding carboxylic acids is 1. The van der Waals surface area contributed by atoms with E-state index in [0.29, 0.717) is 22.8 Å². The van der Waals surface area contributed by atoms with Gasteiger partial charge in [0.25, 0.3) is 5.91 Å². The van der Waals surface area contributed by atoms with Gasteiger partial charge in [-0.3, -0.25) is 9.78 Å². The highest BCUT2D eigenvalue weighted by Crippen LogP contribution is 2.27. The average Bonchev–Trinajstić information content (AvgIpc) is 3.26. The van der Waals surface area contributed by atoms with Crippen LogP contribution in [0.2, 0.25) is 0 Å². The summed E-state index contributed by atoms with van der Waals surface area (Å²) in [7, 11) is 0. The normalized spacial score (nSPS) is 17.9. The summed E-state index contributed by atoms with van der Waals surface area (Å²) in [6, 6.07) is 15.9. The van der Waals surface area contributed by atoms with Crippen LogP contribution < -0.4 is 21.7 Å². The van der Waals surface area contributed by atoms with Gasteiger partial charge in [-0.05, 0) is 56.9 Å². The first kappa shape index (κ1) is 21.8. The number of aromatic nitrogens is 4. The molecule has 1 saturated carbocycles. The highest BCUT2D eigenvalue weighted by molar-refractivity contribution is 6.03. The molecule has 0 unspecified atom stereocenters. The van der Waals surface area contributed by atoms with E-state index in [2.05, 4.69) is 25.9 Å². The van der Waals surface area contributed by atoms with Gasteiger partial charge in [-0.2, -0.15) is 0 Å². The van der Waals surface area contributed by atoms with Gasteiger partial charge < -0.3 is 21.7 Å². The lowest BCUT2D eigenvalue weighted by molar-refractivity contribution is 0.102. The van der Waals surface area contributed by atoms with Gasteiger partial charge >= 0.3 is 0 Å². The SMILES string of the molecule is Cc1cc(NC(=O)c2cnc3c(Nc4ccccc4)cc(N[C@H]4CC[C@H](N)CC4)nn23)ccn1. The zero-order valence-electron chi connectivity index (χ0n) is 19.0. The van der Waals surface area contributed by atoms with E-state index < -0.39 is 0 Å². The number of aryl methyl sites for hydroxylation is 1. The number of hydrogen-bond donors (Lipinski definition) is 4. The molecule has 1 aliphatic rings. The van der Waals surface area contributed by atoms with Crippen molar-refractivity contribution in [3.8, 4) is 0 Å². The maximum absolute atomic E-state index is 13.1. The fourth-order valence-electron chi connectivity index (χ4n) is 4.25. The van der Waals surface area contributed by atoms with Crippen molar-refractivity contribution in [2.45, 2.75) is 44.7 Å². The number of nitrogens with two attached hydrogens (primary N) is 1. The Morgan fingerprint density at radius 1 is 1.03 bits per heavy atom. The zero-order chi connectivity index (χ0) is 23.5. The van der Waals surface area contributed by atoms with E-state index in [1.807, 2.05) is 49.4 Å². The molecule has 9 heteroatoms. The molecule has 9 nitrogen and oxygen atoms in total. The summed E-state index contributed by atoms with van der Waals surface area (Å²) < 4.78 is 1.59. The van der Waals surface area contributed by atoms with Crippen LogP contribution in [0, 0.1) is 6.92 Å². The van der Waals surface area contributed by atoms with Crippen LogP contribution in [0.25, 0.3) is 5.65 Å². The van der Waals surface area contributed by atoms with Crippen molar-refractivity contribution >= 4 is 34.4 Å². The summed E-state index contributed by atoms with van der Waals surface area (Å²) in [4.78, 5) is 21.8. The lowest BCUT2D eigenvalue weighted by atomic mass is 9.92. The Hall–Kier alpha value is -3.98. The summed E-state index contributed by atoms with van der Waals surface area (Å²) in [6.07, 6.45) is 7.16. The molecule has 1 aliphatic carbocycles.